The number of nitrogens with zero attached hydrogens (tertiary/aromatic N) is 5. The van der Waals surface area contributed by atoms with Gasteiger partial charge in [-0.2, -0.15) is 5.26 Å². The number of hydrogen-bond donors (Lipinski definition) is 1. The van der Waals surface area contributed by atoms with Crippen LogP contribution in [0.25, 0.3) is 22.9 Å². The van der Waals surface area contributed by atoms with Crippen molar-refractivity contribution >= 4 is 29.2 Å². The summed E-state index contributed by atoms with van der Waals surface area (Å²) in [6, 6.07) is 12.1. The summed E-state index contributed by atoms with van der Waals surface area (Å²) in [4.78, 5) is 35.0. The quantitative estimate of drug-likeness (QED) is 0.591. The number of urea groups is 1. The molecule has 1 aliphatic carbocycles. The number of nitriles is 1. The van der Waals surface area contributed by atoms with E-state index in [0.717, 1.165) is 16.2 Å². The molecule has 3 heterocycles. The zero-order chi connectivity index (χ0) is 24.1. The average molecular weight is 462 g/mol. The molecular weight excluding hydrogens is 442 g/mol. The van der Waals surface area contributed by atoms with Crippen molar-refractivity contribution < 1.29 is 18.4 Å². The van der Waals surface area contributed by atoms with E-state index in [0.29, 0.717) is 22.7 Å². The number of aromatic nitrogens is 3. The van der Waals surface area contributed by atoms with Crippen molar-refractivity contribution in [1.82, 2.24) is 24.8 Å². The van der Waals surface area contributed by atoms with E-state index in [1.54, 1.807) is 30.3 Å². The lowest BCUT2D eigenvalue weighted by Crippen LogP contribution is -2.51. The Labute approximate surface area is 193 Å². The molecule has 10 heteroatoms. The molecule has 1 N–H and O–H groups in total. The molecule has 0 unspecified atom stereocenters. The number of nitrogens with one attached hydrogen (secondary N) is 1. The number of benzene rings is 1. The van der Waals surface area contributed by atoms with E-state index in [2.05, 4.69) is 15.3 Å². The van der Waals surface area contributed by atoms with Crippen LogP contribution in [0.3, 0.4) is 0 Å². The van der Waals surface area contributed by atoms with E-state index in [4.69, 9.17) is 5.26 Å². The third-order valence-corrected chi connectivity index (χ3v) is 6.38. The molecular formula is C24H20F2N6O2. The predicted octanol–water partition coefficient (Wildman–Crippen LogP) is 4.07. The van der Waals surface area contributed by atoms with E-state index in [-0.39, 0.29) is 12.8 Å². The van der Waals surface area contributed by atoms with E-state index in [9.17, 15) is 18.4 Å². The van der Waals surface area contributed by atoms with Gasteiger partial charge in [0.05, 0.1) is 0 Å². The Morgan fingerprint density at radius 3 is 2.44 bits per heavy atom. The topological polar surface area (TPSA) is 104 Å². The van der Waals surface area contributed by atoms with Gasteiger partial charge in [-0.15, -0.1) is 0 Å². The van der Waals surface area contributed by atoms with Crippen molar-refractivity contribution in [1.29, 1.82) is 5.26 Å². The Bertz CT molecular complexity index is 1380. The second-order valence-corrected chi connectivity index (χ2v) is 8.60. The molecule has 1 aliphatic heterocycles. The molecule has 172 valence electrons. The van der Waals surface area contributed by atoms with Crippen molar-refractivity contribution in [3.8, 4) is 11.8 Å². The number of aryl methyl sites for hydroxylation is 1. The van der Waals surface area contributed by atoms with Crippen molar-refractivity contribution in [2.75, 3.05) is 0 Å². The van der Waals surface area contributed by atoms with Crippen LogP contribution in [0.2, 0.25) is 0 Å². The normalized spacial score (nSPS) is 19.2. The van der Waals surface area contributed by atoms with Crippen molar-refractivity contribution in [3.63, 3.8) is 0 Å². The highest BCUT2D eigenvalue weighted by molar-refractivity contribution is 6.08. The fourth-order valence-corrected chi connectivity index (χ4v) is 4.49. The van der Waals surface area contributed by atoms with Gasteiger partial charge in [-0.1, -0.05) is 12.1 Å². The van der Waals surface area contributed by atoms with Crippen LogP contribution in [0.15, 0.2) is 42.6 Å². The maximum absolute atomic E-state index is 13.5. The molecule has 2 fully saturated rings. The summed E-state index contributed by atoms with van der Waals surface area (Å²) in [5.41, 5.74) is 1.81. The first kappa shape index (κ1) is 21.7. The van der Waals surface area contributed by atoms with Crippen LogP contribution in [0.4, 0.5) is 13.6 Å². The van der Waals surface area contributed by atoms with Gasteiger partial charge in [0.25, 0.3) is 5.91 Å². The number of hydrogen-bond acceptors (Lipinski definition) is 5. The van der Waals surface area contributed by atoms with Crippen LogP contribution in [0, 0.1) is 18.3 Å². The Hall–Kier alpha value is -4.13. The SMILES string of the molecule is Cc1nc2ccc(C#N)nc2n1-c1ccc(C=CN2C(=O)NC3(CCC(F)(F)CC3)C2=O)cc1. The fourth-order valence-electron chi connectivity index (χ4n) is 4.49. The Kier molecular flexibility index (Phi) is 4.93. The minimum absolute atomic E-state index is 0.0800. The summed E-state index contributed by atoms with van der Waals surface area (Å²) >= 11 is 0. The molecule has 0 bridgehead atoms. The van der Waals surface area contributed by atoms with Crippen molar-refractivity contribution in [3.05, 3.63) is 59.7 Å². The second kappa shape index (κ2) is 7.73. The fraction of sp³-hybridized carbons (Fsp3) is 0.292. The standard InChI is InChI=1S/C24H20F2N6O2/c1-15-28-19-7-4-17(14-27)29-20(19)32(15)18-5-2-16(3-6-18)8-13-31-21(33)23(30-22(31)34)9-11-24(25,26)12-10-23/h2-8,13H,9-12H2,1H3,(H,30,34). The largest absolute Gasteiger partial charge is 0.329 e. The molecule has 1 aromatic carbocycles. The second-order valence-electron chi connectivity index (χ2n) is 8.60. The number of rotatable bonds is 3. The van der Waals surface area contributed by atoms with E-state index in [1.807, 2.05) is 29.7 Å². The maximum atomic E-state index is 13.5. The maximum Gasteiger partial charge on any atom is 0.329 e. The van der Waals surface area contributed by atoms with Gasteiger partial charge in [-0.3, -0.25) is 9.36 Å². The third-order valence-electron chi connectivity index (χ3n) is 6.38. The number of imidazole rings is 1. The number of halogens is 2. The van der Waals surface area contributed by atoms with Gasteiger partial charge in [0, 0.05) is 24.7 Å². The lowest BCUT2D eigenvalue weighted by Gasteiger charge is -2.34. The zero-order valence-corrected chi connectivity index (χ0v) is 18.3. The molecule has 8 nitrogen and oxygen atoms in total. The smallest absolute Gasteiger partial charge is 0.323 e. The highest BCUT2D eigenvalue weighted by Gasteiger charge is 2.55. The molecule has 5 rings (SSSR count). The van der Waals surface area contributed by atoms with Crippen LogP contribution in [0.5, 0.6) is 0 Å². The minimum Gasteiger partial charge on any atom is -0.323 e. The third kappa shape index (κ3) is 3.59. The Balaban J connectivity index is 1.36. The molecule has 3 aromatic rings. The molecule has 3 amide bonds. The number of carbonyl (C=O) groups excluding carboxylic acids is 2. The lowest BCUT2D eigenvalue weighted by atomic mass is 9.80. The average Bonchev–Trinajstić information content (AvgIpc) is 3.27. The monoisotopic (exact) mass is 462 g/mol. The van der Waals surface area contributed by atoms with Gasteiger partial charge < -0.3 is 5.32 Å². The molecule has 1 spiro atoms. The molecule has 34 heavy (non-hydrogen) atoms. The van der Waals surface area contributed by atoms with E-state index >= 15 is 0 Å². The van der Waals surface area contributed by atoms with Gasteiger partial charge in [0.1, 0.15) is 28.6 Å². The summed E-state index contributed by atoms with van der Waals surface area (Å²) in [7, 11) is 0. The molecule has 2 aliphatic rings. The van der Waals surface area contributed by atoms with Crippen LogP contribution in [-0.4, -0.2) is 42.8 Å². The number of fused-ring (bicyclic) bond motifs is 1. The number of alkyl halides is 2. The van der Waals surface area contributed by atoms with Gasteiger partial charge >= 0.3 is 6.03 Å². The first-order valence-corrected chi connectivity index (χ1v) is 10.8. The predicted molar refractivity (Wildman–Crippen MR) is 119 cm³/mol. The van der Waals surface area contributed by atoms with Gasteiger partial charge in [-0.25, -0.2) is 28.4 Å². The lowest BCUT2D eigenvalue weighted by molar-refractivity contribution is -0.134. The van der Waals surface area contributed by atoms with Crippen molar-refractivity contribution in [2.45, 2.75) is 44.1 Å². The van der Waals surface area contributed by atoms with Gasteiger partial charge in [0.2, 0.25) is 5.92 Å². The molecule has 1 saturated heterocycles. The van der Waals surface area contributed by atoms with Crippen molar-refractivity contribution in [2.24, 2.45) is 0 Å². The first-order chi connectivity index (χ1) is 16.2. The first-order valence-electron chi connectivity index (χ1n) is 10.8. The molecule has 2 aromatic heterocycles. The van der Waals surface area contributed by atoms with Crippen LogP contribution in [-0.2, 0) is 4.79 Å². The number of imide groups is 1. The summed E-state index contributed by atoms with van der Waals surface area (Å²) in [5, 5.41) is 11.8. The molecule has 0 atom stereocenters. The molecule has 0 radical (unpaired) electrons. The Morgan fingerprint density at radius 1 is 1.06 bits per heavy atom. The van der Waals surface area contributed by atoms with Gasteiger partial charge in [-0.05, 0) is 55.7 Å². The number of amides is 3. The summed E-state index contributed by atoms with van der Waals surface area (Å²) in [5.74, 6) is -2.59. The highest BCUT2D eigenvalue weighted by Crippen LogP contribution is 2.41. The highest BCUT2D eigenvalue weighted by atomic mass is 19.3. The van der Waals surface area contributed by atoms with E-state index in [1.165, 1.54) is 6.20 Å². The zero-order valence-electron chi connectivity index (χ0n) is 18.3. The van der Waals surface area contributed by atoms with Crippen LogP contribution in [0.1, 0.15) is 42.8 Å². The number of carbonyl (C=O) groups is 2. The summed E-state index contributed by atoms with van der Waals surface area (Å²) < 4.78 is 28.9. The summed E-state index contributed by atoms with van der Waals surface area (Å²) in [6.07, 6.45) is 1.97. The van der Waals surface area contributed by atoms with Crippen LogP contribution >= 0.6 is 0 Å². The molecule has 1 saturated carbocycles. The number of pyridine rings is 1. The summed E-state index contributed by atoms with van der Waals surface area (Å²) in [6.45, 7) is 1.84. The van der Waals surface area contributed by atoms with E-state index < -0.39 is 36.2 Å². The van der Waals surface area contributed by atoms with Crippen LogP contribution < -0.4 is 5.32 Å². The van der Waals surface area contributed by atoms with Gasteiger partial charge in [0.15, 0.2) is 5.65 Å². The Morgan fingerprint density at radius 2 is 1.76 bits per heavy atom. The minimum atomic E-state index is -2.80.